The Bertz CT molecular complexity index is 855. The second-order valence-electron chi connectivity index (χ2n) is 7.24. The standard InChI is InChI=1S/C23H31N5S/c1-3-24-23(27-17-19(2)16-21-10-7-15-29-21)26-12-11-22-25-13-14-28(22)18-20-8-5-4-6-9-20/h4-10,13-15,19H,3,11-12,16-18H2,1-2H3,(H2,24,26,27). The van der Waals surface area contributed by atoms with Gasteiger partial charge in [0.05, 0.1) is 0 Å². The van der Waals surface area contributed by atoms with Crippen LogP contribution >= 0.6 is 11.3 Å². The van der Waals surface area contributed by atoms with Gasteiger partial charge in [0.15, 0.2) is 5.96 Å². The third-order valence-electron chi connectivity index (χ3n) is 4.67. The van der Waals surface area contributed by atoms with Gasteiger partial charge in [0.2, 0.25) is 0 Å². The first-order valence-electron chi connectivity index (χ1n) is 10.3. The Balaban J connectivity index is 1.48. The molecule has 1 aromatic carbocycles. The third kappa shape index (κ3) is 7.06. The van der Waals surface area contributed by atoms with Gasteiger partial charge in [-0.2, -0.15) is 0 Å². The lowest BCUT2D eigenvalue weighted by Crippen LogP contribution is -2.39. The van der Waals surface area contributed by atoms with Crippen LogP contribution in [-0.2, 0) is 19.4 Å². The Morgan fingerprint density at radius 3 is 2.79 bits per heavy atom. The molecule has 0 saturated carbocycles. The molecule has 2 aromatic heterocycles. The van der Waals surface area contributed by atoms with Gasteiger partial charge in [-0.15, -0.1) is 11.3 Å². The van der Waals surface area contributed by atoms with Crippen molar-refractivity contribution in [3.63, 3.8) is 0 Å². The van der Waals surface area contributed by atoms with Crippen LogP contribution in [0.1, 0.15) is 30.1 Å². The topological polar surface area (TPSA) is 54.2 Å². The van der Waals surface area contributed by atoms with E-state index < -0.39 is 0 Å². The van der Waals surface area contributed by atoms with Crippen LogP contribution in [0.25, 0.3) is 0 Å². The molecule has 2 heterocycles. The summed E-state index contributed by atoms with van der Waals surface area (Å²) in [5, 5.41) is 8.94. The molecule has 0 bridgehead atoms. The second-order valence-corrected chi connectivity index (χ2v) is 8.27. The maximum atomic E-state index is 4.77. The minimum Gasteiger partial charge on any atom is -0.357 e. The Kier molecular flexibility index (Phi) is 8.31. The fraction of sp³-hybridized carbons (Fsp3) is 0.391. The van der Waals surface area contributed by atoms with Crippen LogP contribution in [0.15, 0.2) is 65.2 Å². The van der Waals surface area contributed by atoms with Crippen LogP contribution in [0.5, 0.6) is 0 Å². The minimum atomic E-state index is 0.522. The summed E-state index contributed by atoms with van der Waals surface area (Å²) in [6, 6.07) is 14.8. The number of hydrogen-bond acceptors (Lipinski definition) is 3. The van der Waals surface area contributed by atoms with Crippen molar-refractivity contribution in [2.24, 2.45) is 10.9 Å². The van der Waals surface area contributed by atoms with Crippen LogP contribution in [0.2, 0.25) is 0 Å². The number of aromatic nitrogens is 2. The number of guanidine groups is 1. The molecule has 0 saturated heterocycles. The minimum absolute atomic E-state index is 0.522. The maximum absolute atomic E-state index is 4.77. The summed E-state index contributed by atoms with van der Waals surface area (Å²) in [5.74, 6) is 2.49. The predicted octanol–water partition coefficient (Wildman–Crippen LogP) is 3.97. The normalized spacial score (nSPS) is 12.7. The first-order chi connectivity index (χ1) is 14.2. The fourth-order valence-electron chi connectivity index (χ4n) is 3.21. The summed E-state index contributed by atoms with van der Waals surface area (Å²) in [7, 11) is 0. The molecule has 0 amide bonds. The van der Waals surface area contributed by atoms with Crippen molar-refractivity contribution < 1.29 is 0 Å². The van der Waals surface area contributed by atoms with Crippen molar-refractivity contribution in [3.8, 4) is 0 Å². The number of benzene rings is 1. The Morgan fingerprint density at radius 1 is 1.17 bits per heavy atom. The van der Waals surface area contributed by atoms with Crippen molar-refractivity contribution in [1.29, 1.82) is 0 Å². The summed E-state index contributed by atoms with van der Waals surface area (Å²) >= 11 is 1.82. The molecule has 0 radical (unpaired) electrons. The van der Waals surface area contributed by atoms with Crippen LogP contribution in [-0.4, -0.2) is 35.1 Å². The molecule has 2 N–H and O–H groups in total. The Labute approximate surface area is 177 Å². The van der Waals surface area contributed by atoms with Crippen molar-refractivity contribution in [2.75, 3.05) is 19.6 Å². The third-order valence-corrected chi connectivity index (χ3v) is 5.57. The Morgan fingerprint density at radius 2 is 2.03 bits per heavy atom. The van der Waals surface area contributed by atoms with Crippen LogP contribution in [0.4, 0.5) is 0 Å². The first-order valence-corrected chi connectivity index (χ1v) is 11.2. The van der Waals surface area contributed by atoms with Gasteiger partial charge in [-0.05, 0) is 36.3 Å². The molecule has 0 aliphatic heterocycles. The fourth-order valence-corrected chi connectivity index (χ4v) is 4.08. The zero-order valence-corrected chi connectivity index (χ0v) is 18.2. The number of nitrogens with zero attached hydrogens (tertiary/aromatic N) is 3. The summed E-state index contributed by atoms with van der Waals surface area (Å²) in [5.41, 5.74) is 1.29. The molecular weight excluding hydrogens is 378 g/mol. The van der Waals surface area contributed by atoms with E-state index in [2.05, 4.69) is 75.8 Å². The number of aliphatic imine (C=N–C) groups is 1. The quantitative estimate of drug-likeness (QED) is 0.393. The van der Waals surface area contributed by atoms with E-state index in [-0.39, 0.29) is 0 Å². The molecule has 0 aliphatic carbocycles. The number of imidazole rings is 1. The van der Waals surface area contributed by atoms with Gasteiger partial charge in [0.25, 0.3) is 0 Å². The van der Waals surface area contributed by atoms with Gasteiger partial charge in [-0.25, -0.2) is 4.98 Å². The van der Waals surface area contributed by atoms with E-state index in [1.807, 2.05) is 29.8 Å². The molecule has 154 valence electrons. The molecule has 0 fully saturated rings. The zero-order chi connectivity index (χ0) is 20.3. The molecule has 0 spiro atoms. The lowest BCUT2D eigenvalue weighted by atomic mass is 10.1. The first kappa shape index (κ1) is 21.1. The summed E-state index contributed by atoms with van der Waals surface area (Å²) in [4.78, 5) is 10.7. The van der Waals surface area contributed by atoms with Crippen LogP contribution in [0, 0.1) is 5.92 Å². The van der Waals surface area contributed by atoms with Gasteiger partial charge in [-0.3, -0.25) is 4.99 Å². The molecule has 3 aromatic rings. The van der Waals surface area contributed by atoms with Crippen molar-refractivity contribution in [2.45, 2.75) is 33.2 Å². The van der Waals surface area contributed by atoms with Gasteiger partial charge in [0.1, 0.15) is 5.82 Å². The predicted molar refractivity (Wildman–Crippen MR) is 123 cm³/mol. The molecule has 1 atom stereocenters. The van der Waals surface area contributed by atoms with Crippen molar-refractivity contribution in [1.82, 2.24) is 20.2 Å². The van der Waals surface area contributed by atoms with Gasteiger partial charge in [-0.1, -0.05) is 43.3 Å². The zero-order valence-electron chi connectivity index (χ0n) is 17.3. The lowest BCUT2D eigenvalue weighted by molar-refractivity contribution is 0.594. The lowest BCUT2D eigenvalue weighted by Gasteiger charge is -2.14. The van der Waals surface area contributed by atoms with Gasteiger partial charge < -0.3 is 15.2 Å². The second kappa shape index (κ2) is 11.4. The van der Waals surface area contributed by atoms with E-state index in [0.29, 0.717) is 5.92 Å². The molecule has 0 aliphatic rings. The van der Waals surface area contributed by atoms with Crippen LogP contribution < -0.4 is 10.6 Å². The average Bonchev–Trinajstić information content (AvgIpc) is 3.39. The highest BCUT2D eigenvalue weighted by Gasteiger charge is 2.07. The Hall–Kier alpha value is -2.60. The molecule has 29 heavy (non-hydrogen) atoms. The van der Waals surface area contributed by atoms with Crippen LogP contribution in [0.3, 0.4) is 0 Å². The average molecular weight is 410 g/mol. The monoisotopic (exact) mass is 409 g/mol. The highest BCUT2D eigenvalue weighted by molar-refractivity contribution is 7.09. The van der Waals surface area contributed by atoms with Crippen molar-refractivity contribution >= 4 is 17.3 Å². The largest absolute Gasteiger partial charge is 0.357 e. The summed E-state index contributed by atoms with van der Waals surface area (Å²) in [6.45, 7) is 7.68. The molecule has 5 nitrogen and oxygen atoms in total. The summed E-state index contributed by atoms with van der Waals surface area (Å²) < 4.78 is 2.21. The van der Waals surface area contributed by atoms with E-state index in [9.17, 15) is 0 Å². The highest BCUT2D eigenvalue weighted by Crippen LogP contribution is 2.14. The number of nitrogens with one attached hydrogen (secondary N) is 2. The SMILES string of the molecule is CCNC(=NCC(C)Cc1cccs1)NCCc1nccn1Cc1ccccc1. The smallest absolute Gasteiger partial charge is 0.191 e. The van der Waals surface area contributed by atoms with E-state index in [1.54, 1.807) is 0 Å². The molecule has 6 heteroatoms. The number of rotatable bonds is 10. The molecule has 3 rings (SSSR count). The maximum Gasteiger partial charge on any atom is 0.191 e. The van der Waals surface area contributed by atoms with Gasteiger partial charge >= 0.3 is 0 Å². The van der Waals surface area contributed by atoms with E-state index >= 15 is 0 Å². The van der Waals surface area contributed by atoms with E-state index in [0.717, 1.165) is 50.8 Å². The number of hydrogen-bond donors (Lipinski definition) is 2. The molecule has 1 unspecified atom stereocenters. The summed E-state index contributed by atoms with van der Waals surface area (Å²) in [6.07, 6.45) is 5.87. The van der Waals surface area contributed by atoms with Gasteiger partial charge in [0, 0.05) is 49.9 Å². The highest BCUT2D eigenvalue weighted by atomic mass is 32.1. The molecular formula is C23H31N5S. The van der Waals surface area contributed by atoms with E-state index in [4.69, 9.17) is 4.99 Å². The number of thiophene rings is 1. The van der Waals surface area contributed by atoms with Crippen molar-refractivity contribution in [3.05, 3.63) is 76.5 Å². The van der Waals surface area contributed by atoms with E-state index in [1.165, 1.54) is 10.4 Å².